The monoisotopic (exact) mass is 182 g/mol. The highest BCUT2D eigenvalue weighted by atomic mass is 32.1. The van der Waals surface area contributed by atoms with Crippen LogP contribution in [-0.4, -0.2) is 13.0 Å². The first-order chi connectivity index (χ1) is 5.77. The van der Waals surface area contributed by atoms with Gasteiger partial charge in [0, 0.05) is 0 Å². The van der Waals surface area contributed by atoms with E-state index in [2.05, 4.69) is 10.3 Å². The summed E-state index contributed by atoms with van der Waals surface area (Å²) < 4.78 is 0. The lowest BCUT2D eigenvalue weighted by atomic mass is 10.4. The van der Waals surface area contributed by atoms with Crippen molar-refractivity contribution in [2.24, 2.45) is 0 Å². The Morgan fingerprint density at radius 1 is 1.75 bits per heavy atom. The number of hydroxylamine groups is 1. The van der Waals surface area contributed by atoms with Crippen LogP contribution in [0.1, 0.15) is 14.5 Å². The second-order valence-electron chi connectivity index (χ2n) is 1.91. The second-order valence-corrected chi connectivity index (χ2v) is 2.99. The maximum atomic E-state index is 11.0. The summed E-state index contributed by atoms with van der Waals surface area (Å²) in [6, 6.07) is 5.12. The minimum atomic E-state index is -0.330. The van der Waals surface area contributed by atoms with Crippen molar-refractivity contribution >= 4 is 17.2 Å². The van der Waals surface area contributed by atoms with Gasteiger partial charge in [-0.05, 0) is 12.1 Å². The lowest BCUT2D eigenvalue weighted by molar-refractivity contribution is 0.0542. The molecule has 62 valence electrons. The molecule has 5 heteroatoms. The van der Waals surface area contributed by atoms with Gasteiger partial charge >= 0.3 is 0 Å². The molecule has 0 aromatic carbocycles. The molecule has 0 unspecified atom stereocenters. The summed E-state index contributed by atoms with van der Waals surface area (Å²) in [5.41, 5.74) is 2.16. The van der Waals surface area contributed by atoms with Gasteiger partial charge in [-0.3, -0.25) is 9.63 Å². The van der Waals surface area contributed by atoms with E-state index in [1.807, 2.05) is 6.07 Å². The molecule has 4 nitrogen and oxygen atoms in total. The minimum absolute atomic E-state index is 0.330. The molecule has 0 saturated heterocycles. The molecule has 0 aliphatic carbocycles. The number of amides is 1. The number of carbonyl (C=O) groups excluding carboxylic acids is 1. The number of nitrogens with one attached hydrogen (secondary N) is 1. The molecule has 0 radical (unpaired) electrons. The Morgan fingerprint density at radius 2 is 2.50 bits per heavy atom. The van der Waals surface area contributed by atoms with Crippen molar-refractivity contribution in [3.63, 3.8) is 0 Å². The van der Waals surface area contributed by atoms with Crippen LogP contribution < -0.4 is 5.48 Å². The molecule has 1 amide bonds. The van der Waals surface area contributed by atoms with Crippen LogP contribution in [0.5, 0.6) is 0 Å². The molecule has 1 aromatic rings. The Labute approximate surface area is 73.3 Å². The zero-order valence-electron chi connectivity index (χ0n) is 6.33. The van der Waals surface area contributed by atoms with E-state index in [9.17, 15) is 4.79 Å². The van der Waals surface area contributed by atoms with E-state index in [1.54, 1.807) is 12.1 Å². The molecule has 1 heterocycles. The zero-order valence-corrected chi connectivity index (χ0v) is 7.14. The first-order valence-electron chi connectivity index (χ1n) is 3.11. The highest BCUT2D eigenvalue weighted by molar-refractivity contribution is 7.14. The van der Waals surface area contributed by atoms with E-state index in [1.165, 1.54) is 7.11 Å². The van der Waals surface area contributed by atoms with Gasteiger partial charge < -0.3 is 0 Å². The van der Waals surface area contributed by atoms with Crippen molar-refractivity contribution in [2.75, 3.05) is 7.11 Å². The molecule has 1 N–H and O–H groups in total. The van der Waals surface area contributed by atoms with E-state index in [4.69, 9.17) is 5.26 Å². The van der Waals surface area contributed by atoms with Gasteiger partial charge in [-0.15, -0.1) is 11.3 Å². The van der Waals surface area contributed by atoms with Crippen LogP contribution >= 0.6 is 11.3 Å². The third-order valence-corrected chi connectivity index (χ3v) is 2.12. The van der Waals surface area contributed by atoms with Gasteiger partial charge in [0.05, 0.1) is 12.0 Å². The molecular formula is C7H6N2O2S. The molecule has 1 rings (SSSR count). The number of hydrogen-bond acceptors (Lipinski definition) is 4. The van der Waals surface area contributed by atoms with Gasteiger partial charge in [-0.25, -0.2) is 5.48 Å². The van der Waals surface area contributed by atoms with Gasteiger partial charge in [0.2, 0.25) is 0 Å². The van der Waals surface area contributed by atoms with Gasteiger partial charge in [0.15, 0.2) is 0 Å². The van der Waals surface area contributed by atoms with Crippen molar-refractivity contribution in [3.8, 4) is 6.07 Å². The third-order valence-electron chi connectivity index (χ3n) is 1.13. The normalized spacial score (nSPS) is 9.00. The SMILES string of the molecule is CONC(=O)c1ccc(C#N)s1. The van der Waals surface area contributed by atoms with Crippen molar-refractivity contribution in [1.82, 2.24) is 5.48 Å². The van der Waals surface area contributed by atoms with Crippen LogP contribution in [0.2, 0.25) is 0 Å². The Kier molecular flexibility index (Phi) is 2.80. The molecule has 1 aromatic heterocycles. The van der Waals surface area contributed by atoms with Crippen LogP contribution in [-0.2, 0) is 4.84 Å². The topological polar surface area (TPSA) is 62.1 Å². The van der Waals surface area contributed by atoms with Crippen LogP contribution in [0.25, 0.3) is 0 Å². The molecule has 0 aliphatic rings. The Morgan fingerprint density at radius 3 is 3.00 bits per heavy atom. The largest absolute Gasteiger partial charge is 0.284 e. The van der Waals surface area contributed by atoms with Gasteiger partial charge in [0.25, 0.3) is 5.91 Å². The lowest BCUT2D eigenvalue weighted by Gasteiger charge is -1.96. The van der Waals surface area contributed by atoms with Crippen molar-refractivity contribution < 1.29 is 9.63 Å². The summed E-state index contributed by atoms with van der Waals surface area (Å²) in [5, 5.41) is 8.46. The Bertz CT molecular complexity index is 326. The molecule has 0 bridgehead atoms. The van der Waals surface area contributed by atoms with Gasteiger partial charge in [-0.2, -0.15) is 5.26 Å². The average Bonchev–Trinajstić information content (AvgIpc) is 2.52. The van der Waals surface area contributed by atoms with E-state index in [-0.39, 0.29) is 5.91 Å². The zero-order chi connectivity index (χ0) is 8.97. The number of thiophene rings is 1. The Hall–Kier alpha value is -1.38. The lowest BCUT2D eigenvalue weighted by Crippen LogP contribution is -2.20. The highest BCUT2D eigenvalue weighted by Gasteiger charge is 2.07. The van der Waals surface area contributed by atoms with E-state index in [0.717, 1.165) is 11.3 Å². The standard InChI is InChI=1S/C7H6N2O2S/c1-11-9-7(10)6-3-2-5(4-8)12-6/h2-3H,1H3,(H,9,10). The minimum Gasteiger partial charge on any atom is -0.277 e. The van der Waals surface area contributed by atoms with Crippen molar-refractivity contribution in [3.05, 3.63) is 21.9 Å². The number of nitriles is 1. The maximum Gasteiger partial charge on any atom is 0.284 e. The highest BCUT2D eigenvalue weighted by Crippen LogP contribution is 2.14. The summed E-state index contributed by atoms with van der Waals surface area (Å²) in [4.78, 5) is 16.4. The summed E-state index contributed by atoms with van der Waals surface area (Å²) in [6.07, 6.45) is 0. The van der Waals surface area contributed by atoms with Crippen LogP contribution in [0.3, 0.4) is 0 Å². The fourth-order valence-electron chi connectivity index (χ4n) is 0.663. The first-order valence-corrected chi connectivity index (χ1v) is 3.93. The number of rotatable bonds is 2. The number of carbonyl (C=O) groups is 1. The molecule has 0 aliphatic heterocycles. The average molecular weight is 182 g/mol. The smallest absolute Gasteiger partial charge is 0.277 e. The summed E-state index contributed by atoms with van der Waals surface area (Å²) in [5.74, 6) is -0.330. The number of nitrogens with zero attached hydrogens (tertiary/aromatic N) is 1. The predicted octanol–water partition coefficient (Wildman–Crippen LogP) is 0.911. The number of hydrogen-bond donors (Lipinski definition) is 1. The van der Waals surface area contributed by atoms with Crippen molar-refractivity contribution in [2.45, 2.75) is 0 Å². The van der Waals surface area contributed by atoms with Crippen LogP contribution in [0.4, 0.5) is 0 Å². The van der Waals surface area contributed by atoms with E-state index < -0.39 is 0 Å². The molecule has 0 spiro atoms. The maximum absolute atomic E-state index is 11.0. The fraction of sp³-hybridized carbons (Fsp3) is 0.143. The quantitative estimate of drug-likeness (QED) is 0.691. The first kappa shape index (κ1) is 8.71. The fourth-order valence-corrected chi connectivity index (χ4v) is 1.35. The third kappa shape index (κ3) is 1.81. The van der Waals surface area contributed by atoms with Crippen LogP contribution in [0.15, 0.2) is 12.1 Å². The predicted molar refractivity (Wildman–Crippen MR) is 43.5 cm³/mol. The van der Waals surface area contributed by atoms with E-state index >= 15 is 0 Å². The molecule has 12 heavy (non-hydrogen) atoms. The summed E-state index contributed by atoms with van der Waals surface area (Å²) >= 11 is 1.13. The van der Waals surface area contributed by atoms with Gasteiger partial charge in [-0.1, -0.05) is 0 Å². The van der Waals surface area contributed by atoms with Crippen molar-refractivity contribution in [1.29, 1.82) is 5.26 Å². The Balaban J connectivity index is 2.76. The summed E-state index contributed by atoms with van der Waals surface area (Å²) in [6.45, 7) is 0. The second kappa shape index (κ2) is 3.85. The molecule has 0 saturated carbocycles. The summed E-state index contributed by atoms with van der Waals surface area (Å²) in [7, 11) is 1.36. The van der Waals surface area contributed by atoms with Crippen LogP contribution in [0, 0.1) is 11.3 Å². The molecule has 0 atom stereocenters. The molecule has 0 fully saturated rings. The van der Waals surface area contributed by atoms with Gasteiger partial charge in [0.1, 0.15) is 10.9 Å². The molecular weight excluding hydrogens is 176 g/mol. The van der Waals surface area contributed by atoms with E-state index in [0.29, 0.717) is 9.75 Å².